The lowest BCUT2D eigenvalue weighted by Crippen LogP contribution is -2.40. The van der Waals surface area contributed by atoms with Crippen LogP contribution in [0.3, 0.4) is 0 Å². The van der Waals surface area contributed by atoms with Crippen LogP contribution in [0.5, 0.6) is 0 Å². The van der Waals surface area contributed by atoms with E-state index in [0.29, 0.717) is 0 Å². The van der Waals surface area contributed by atoms with Crippen molar-refractivity contribution in [3.05, 3.63) is 35.9 Å². The summed E-state index contributed by atoms with van der Waals surface area (Å²) in [4.78, 5) is 2.36. The van der Waals surface area contributed by atoms with Gasteiger partial charge in [-0.05, 0) is 45.3 Å². The quantitative estimate of drug-likeness (QED) is 0.671. The molecule has 0 heterocycles. The fourth-order valence-electron chi connectivity index (χ4n) is 2.07. The molecule has 0 saturated heterocycles. The summed E-state index contributed by atoms with van der Waals surface area (Å²) >= 11 is 0. The van der Waals surface area contributed by atoms with Crippen molar-refractivity contribution in [1.82, 2.24) is 4.90 Å². The van der Waals surface area contributed by atoms with Gasteiger partial charge in [-0.3, -0.25) is 0 Å². The Hall–Kier alpha value is -0.900. The van der Waals surface area contributed by atoms with Crippen LogP contribution in [-0.4, -0.2) is 42.3 Å². The molecule has 0 saturated carbocycles. The lowest BCUT2D eigenvalue weighted by Gasteiger charge is -2.22. The highest BCUT2D eigenvalue weighted by Crippen LogP contribution is 2.10. The third kappa shape index (κ3) is 7.31. The molecule has 1 aromatic rings. The van der Waals surface area contributed by atoms with Crippen LogP contribution < -0.4 is 5.73 Å². The highest BCUT2D eigenvalue weighted by Gasteiger charge is 2.15. The van der Waals surface area contributed by atoms with Gasteiger partial charge in [-0.25, -0.2) is 0 Å². The van der Waals surface area contributed by atoms with Crippen LogP contribution >= 0.6 is 0 Å². The molecule has 0 bridgehead atoms. The fraction of sp³-hybridized carbons (Fsp3) is 0.625. The van der Waals surface area contributed by atoms with E-state index in [0.717, 1.165) is 38.8 Å². The molecule has 0 aliphatic heterocycles. The third-order valence-electron chi connectivity index (χ3n) is 3.52. The van der Waals surface area contributed by atoms with Gasteiger partial charge in [-0.2, -0.15) is 0 Å². The van der Waals surface area contributed by atoms with Gasteiger partial charge in [-0.15, -0.1) is 0 Å². The number of nitrogens with zero attached hydrogens (tertiary/aromatic N) is 1. The predicted octanol–water partition coefficient (Wildman–Crippen LogP) is 2.04. The van der Waals surface area contributed by atoms with Crippen LogP contribution in [0, 0.1) is 0 Å². The molecule has 0 radical (unpaired) electrons. The lowest BCUT2D eigenvalue weighted by atomic mass is 9.97. The van der Waals surface area contributed by atoms with Gasteiger partial charge in [0.25, 0.3) is 0 Å². The van der Waals surface area contributed by atoms with Gasteiger partial charge in [-0.1, -0.05) is 36.8 Å². The highest BCUT2D eigenvalue weighted by molar-refractivity contribution is 5.14. The van der Waals surface area contributed by atoms with Crippen LogP contribution in [0.1, 0.15) is 31.7 Å². The van der Waals surface area contributed by atoms with Gasteiger partial charge in [0.05, 0.1) is 6.61 Å². The minimum Gasteiger partial charge on any atom is -0.394 e. The van der Waals surface area contributed by atoms with Crippen LogP contribution in [-0.2, 0) is 6.42 Å². The maximum absolute atomic E-state index is 9.08. The van der Waals surface area contributed by atoms with Crippen molar-refractivity contribution >= 4 is 0 Å². The van der Waals surface area contributed by atoms with Gasteiger partial charge in [0.15, 0.2) is 0 Å². The zero-order valence-corrected chi connectivity index (χ0v) is 12.3. The Labute approximate surface area is 117 Å². The van der Waals surface area contributed by atoms with E-state index in [1.165, 1.54) is 5.56 Å². The first kappa shape index (κ1) is 16.2. The number of hydrogen-bond donors (Lipinski definition) is 2. The van der Waals surface area contributed by atoms with Crippen LogP contribution in [0.15, 0.2) is 30.3 Å². The Morgan fingerprint density at radius 3 is 2.47 bits per heavy atom. The molecule has 3 nitrogen and oxygen atoms in total. The SMILES string of the molecule is CN(CCCCC(C)(N)CO)CCc1ccccc1. The molecule has 19 heavy (non-hydrogen) atoms. The summed E-state index contributed by atoms with van der Waals surface area (Å²) < 4.78 is 0. The van der Waals surface area contributed by atoms with E-state index in [9.17, 15) is 0 Å². The number of benzene rings is 1. The summed E-state index contributed by atoms with van der Waals surface area (Å²) in [6, 6.07) is 10.6. The first-order valence-electron chi connectivity index (χ1n) is 7.16. The van der Waals surface area contributed by atoms with E-state index in [1.807, 2.05) is 6.92 Å². The van der Waals surface area contributed by atoms with Crippen molar-refractivity contribution in [3.8, 4) is 0 Å². The van der Waals surface area contributed by atoms with Gasteiger partial charge in [0.2, 0.25) is 0 Å². The predicted molar refractivity (Wildman–Crippen MR) is 81.2 cm³/mol. The van der Waals surface area contributed by atoms with Gasteiger partial charge in [0.1, 0.15) is 0 Å². The number of rotatable bonds is 9. The second kappa shape index (κ2) is 8.31. The third-order valence-corrected chi connectivity index (χ3v) is 3.52. The molecular weight excluding hydrogens is 236 g/mol. The number of unbranched alkanes of at least 4 members (excludes halogenated alkanes) is 1. The summed E-state index contributed by atoms with van der Waals surface area (Å²) in [7, 11) is 2.16. The second-order valence-corrected chi connectivity index (χ2v) is 5.81. The van der Waals surface area contributed by atoms with E-state index >= 15 is 0 Å². The number of hydrogen-bond acceptors (Lipinski definition) is 3. The summed E-state index contributed by atoms with van der Waals surface area (Å²) in [6.07, 6.45) is 4.19. The molecule has 1 unspecified atom stereocenters. The standard InChI is InChI=1S/C16H28N2O/c1-16(17,14-19)11-6-7-12-18(2)13-10-15-8-4-3-5-9-15/h3-5,8-9,19H,6-7,10-14,17H2,1-2H3. The Kier molecular flexibility index (Phi) is 7.06. The molecule has 0 amide bonds. The Bertz CT molecular complexity index is 338. The fourth-order valence-corrected chi connectivity index (χ4v) is 2.07. The Morgan fingerprint density at radius 1 is 1.16 bits per heavy atom. The monoisotopic (exact) mass is 264 g/mol. The lowest BCUT2D eigenvalue weighted by molar-refractivity contribution is 0.195. The Morgan fingerprint density at radius 2 is 1.84 bits per heavy atom. The summed E-state index contributed by atoms with van der Waals surface area (Å²) in [5, 5.41) is 9.08. The van der Waals surface area contributed by atoms with Crippen molar-refractivity contribution in [1.29, 1.82) is 0 Å². The van der Waals surface area contributed by atoms with E-state index in [-0.39, 0.29) is 6.61 Å². The van der Waals surface area contributed by atoms with Crippen molar-refractivity contribution in [2.24, 2.45) is 5.73 Å². The average Bonchev–Trinajstić information content (AvgIpc) is 2.42. The van der Waals surface area contributed by atoms with Crippen molar-refractivity contribution < 1.29 is 5.11 Å². The molecule has 1 atom stereocenters. The minimum atomic E-state index is -0.414. The molecule has 0 aliphatic rings. The number of aliphatic hydroxyl groups excluding tert-OH is 1. The largest absolute Gasteiger partial charge is 0.394 e. The van der Waals surface area contributed by atoms with Crippen LogP contribution in [0.2, 0.25) is 0 Å². The zero-order valence-electron chi connectivity index (χ0n) is 12.3. The summed E-state index contributed by atoms with van der Waals surface area (Å²) in [5.41, 5.74) is 6.88. The zero-order chi connectivity index (χ0) is 14.1. The molecular formula is C16H28N2O. The molecule has 3 N–H and O–H groups in total. The van der Waals surface area contributed by atoms with Crippen molar-refractivity contribution in [2.75, 3.05) is 26.7 Å². The number of nitrogens with two attached hydrogens (primary N) is 1. The maximum atomic E-state index is 9.08. The minimum absolute atomic E-state index is 0.0663. The van der Waals surface area contributed by atoms with Gasteiger partial charge >= 0.3 is 0 Å². The number of aliphatic hydroxyl groups is 1. The Balaban J connectivity index is 2.10. The molecule has 108 valence electrons. The molecule has 3 heteroatoms. The van der Waals surface area contributed by atoms with Gasteiger partial charge in [0, 0.05) is 12.1 Å². The molecule has 0 spiro atoms. The van der Waals surface area contributed by atoms with Gasteiger partial charge < -0.3 is 15.7 Å². The van der Waals surface area contributed by atoms with Crippen molar-refractivity contribution in [2.45, 2.75) is 38.1 Å². The molecule has 0 aliphatic carbocycles. The topological polar surface area (TPSA) is 49.5 Å². The smallest absolute Gasteiger partial charge is 0.0608 e. The molecule has 1 rings (SSSR count). The van der Waals surface area contributed by atoms with E-state index in [2.05, 4.69) is 42.3 Å². The second-order valence-electron chi connectivity index (χ2n) is 5.81. The number of likely N-dealkylation sites (N-methyl/N-ethyl adjacent to an activating group) is 1. The summed E-state index contributed by atoms with van der Waals surface area (Å²) in [6.45, 7) is 4.15. The molecule has 0 fully saturated rings. The normalized spacial score (nSPS) is 14.6. The highest BCUT2D eigenvalue weighted by atomic mass is 16.3. The molecule has 0 aromatic heterocycles. The molecule has 1 aromatic carbocycles. The van der Waals surface area contributed by atoms with E-state index in [1.54, 1.807) is 0 Å². The van der Waals surface area contributed by atoms with Crippen molar-refractivity contribution in [3.63, 3.8) is 0 Å². The van der Waals surface area contributed by atoms with E-state index in [4.69, 9.17) is 10.8 Å². The van der Waals surface area contributed by atoms with E-state index < -0.39 is 5.54 Å². The first-order chi connectivity index (χ1) is 9.03. The summed E-state index contributed by atoms with van der Waals surface area (Å²) in [5.74, 6) is 0. The maximum Gasteiger partial charge on any atom is 0.0608 e. The first-order valence-corrected chi connectivity index (χ1v) is 7.16. The average molecular weight is 264 g/mol. The van der Waals surface area contributed by atoms with Crippen LogP contribution in [0.4, 0.5) is 0 Å². The van der Waals surface area contributed by atoms with Crippen LogP contribution in [0.25, 0.3) is 0 Å².